The molecular weight excluding hydrogens is 1090 g/mol. The predicted molar refractivity (Wildman–Crippen MR) is 195 cm³/mol. The Morgan fingerprint density at radius 2 is 0.350 bits per heavy atom. The molecule has 2 N–H and O–H groups in total. The second-order valence-electron chi connectivity index (χ2n) is 12.2. The normalized spacial score (nSPS) is 10.4. The molecule has 6 rings (SSSR count). The molecule has 0 bridgehead atoms. The van der Waals surface area contributed by atoms with Crippen molar-refractivity contribution < 1.29 is 159 Å². The summed E-state index contributed by atoms with van der Waals surface area (Å²) in [6, 6.07) is 46.0. The van der Waals surface area contributed by atoms with E-state index in [1.807, 2.05) is 0 Å². The molecule has 0 spiro atoms. The summed E-state index contributed by atoms with van der Waals surface area (Å²) < 4.78 is 0. The topological polar surface area (TPSA) is 272 Å². The molecule has 0 aliphatic heterocycles. The van der Waals surface area contributed by atoms with E-state index in [0.717, 1.165) is 0 Å². The van der Waals surface area contributed by atoms with Crippen LogP contribution < -0.4 is 30.6 Å². The molecule has 0 atom stereocenters. The number of hydrogen-bond donors (Lipinski definition) is 0. The van der Waals surface area contributed by atoms with Crippen molar-refractivity contribution in [3.63, 3.8) is 0 Å². The van der Waals surface area contributed by atoms with E-state index in [4.69, 9.17) is 0 Å². The smallest absolute Gasteiger partial charge is 0.548 e. The van der Waals surface area contributed by atoms with Gasteiger partial charge in [-0.15, -0.1) is 0 Å². The zero-order valence-electron chi connectivity index (χ0n) is 30.8. The molecule has 6 aromatic rings. The molecular formula is C45H32O13Yb2. The van der Waals surface area contributed by atoms with Gasteiger partial charge in [-0.1, -0.05) is 182 Å². The van der Waals surface area contributed by atoms with Crippen LogP contribution in [0.4, 0.5) is 0 Å². The molecule has 0 fully saturated rings. The Morgan fingerprint density at radius 3 is 0.433 bits per heavy atom. The third kappa shape index (κ3) is 10.9. The maximum absolute atomic E-state index is 11.5. The van der Waals surface area contributed by atoms with E-state index in [2.05, 4.69) is 0 Å². The van der Waals surface area contributed by atoms with E-state index in [1.165, 1.54) is 72.8 Å². The molecule has 0 aliphatic rings. The summed E-state index contributed by atoms with van der Waals surface area (Å²) in [5.74, 6) is -10.3. The van der Waals surface area contributed by atoms with E-state index >= 15 is 0 Å². The third-order valence-electron chi connectivity index (χ3n) is 9.08. The van der Waals surface area contributed by atoms with Gasteiger partial charge in [-0.25, -0.2) is 0 Å². The van der Waals surface area contributed by atoms with Gasteiger partial charge in [-0.3, -0.25) is 0 Å². The summed E-state index contributed by atoms with van der Waals surface area (Å²) in [6.45, 7) is 0. The molecule has 318 valence electrons. The molecule has 0 saturated heterocycles. The number of aliphatic carboxylic acids is 6. The monoisotopic (exact) mass is 1130 g/mol. The Hall–Kier alpha value is -4.86. The number of benzene rings is 6. The Balaban J connectivity index is 0.000000439. The molecule has 0 amide bonds. The van der Waals surface area contributed by atoms with Crippen molar-refractivity contribution in [1.29, 1.82) is 0 Å². The van der Waals surface area contributed by atoms with Crippen LogP contribution in [0.2, 0.25) is 0 Å². The fraction of sp³-hybridized carbons (Fsp3) is 0.0667. The number of carbonyl (C=O) groups is 6. The number of rotatable bonds is 12. The van der Waals surface area contributed by atoms with E-state index in [-0.39, 0.29) is 133 Å². The van der Waals surface area contributed by atoms with Crippen LogP contribution in [0.3, 0.4) is 0 Å². The van der Waals surface area contributed by atoms with Crippen LogP contribution in [0.25, 0.3) is 0 Å². The van der Waals surface area contributed by atoms with Crippen molar-refractivity contribution in [3.8, 4) is 0 Å². The molecule has 6 aromatic carbocycles. The average molecular weight is 1130 g/mol. The van der Waals surface area contributed by atoms with Crippen molar-refractivity contribution >= 4 is 35.8 Å². The molecule has 0 heterocycles. The first kappa shape index (κ1) is 53.2. The molecule has 60 heavy (non-hydrogen) atoms. The maximum Gasteiger partial charge on any atom is 3.00 e. The number of hydrogen-bond acceptors (Lipinski definition) is 12. The zero-order valence-corrected chi connectivity index (χ0v) is 34.2. The van der Waals surface area contributed by atoms with Crippen LogP contribution in [0.15, 0.2) is 182 Å². The van der Waals surface area contributed by atoms with E-state index in [9.17, 15) is 59.4 Å². The quantitative estimate of drug-likeness (QED) is 0.116. The Kier molecular flexibility index (Phi) is 21.6. The van der Waals surface area contributed by atoms with Crippen molar-refractivity contribution in [2.45, 2.75) is 16.2 Å². The molecule has 0 saturated carbocycles. The first-order chi connectivity index (χ1) is 27.3. The Labute approximate surface area is 421 Å². The first-order valence-corrected chi connectivity index (χ1v) is 16.9. The SMILES string of the molecule is O.O=C([O-])C(C(=O)[O-])(c1ccccc1)c1ccccc1.O=C([O-])C(C(=O)[O-])(c1ccccc1)c1ccccc1.O=C([O-])C(C(=O)[O-])(c1ccccc1)c1ccccc1.[Yb+3].[Yb+3]. The van der Waals surface area contributed by atoms with Crippen molar-refractivity contribution in [2.24, 2.45) is 0 Å². The Bertz CT molecular complexity index is 1880. The molecule has 13 nitrogen and oxygen atoms in total. The summed E-state index contributed by atoms with van der Waals surface area (Å²) in [7, 11) is 0. The van der Waals surface area contributed by atoms with Gasteiger partial charge in [0.2, 0.25) is 0 Å². The molecule has 15 heteroatoms. The molecule has 2 radical (unpaired) electrons. The van der Waals surface area contributed by atoms with Gasteiger partial charge in [0.25, 0.3) is 0 Å². The van der Waals surface area contributed by atoms with E-state index in [1.54, 1.807) is 109 Å². The second-order valence-corrected chi connectivity index (χ2v) is 12.2. The van der Waals surface area contributed by atoms with Gasteiger partial charge in [0, 0.05) is 0 Å². The minimum atomic E-state index is -2.30. The summed E-state index contributed by atoms with van der Waals surface area (Å²) >= 11 is 0. The van der Waals surface area contributed by atoms with Crippen LogP contribution in [0, 0.1) is 93.8 Å². The van der Waals surface area contributed by atoms with Crippen molar-refractivity contribution in [1.82, 2.24) is 0 Å². The summed E-state index contributed by atoms with van der Waals surface area (Å²) in [4.78, 5) is 69.2. The van der Waals surface area contributed by atoms with Crippen LogP contribution in [-0.4, -0.2) is 41.3 Å². The number of carbonyl (C=O) groups excluding carboxylic acids is 6. The largest absolute Gasteiger partial charge is 3.00 e. The van der Waals surface area contributed by atoms with Gasteiger partial charge in [-0.05, 0) is 33.4 Å². The number of carboxylic acids is 6. The summed E-state index contributed by atoms with van der Waals surface area (Å²) in [6.07, 6.45) is 0. The molecule has 0 aliphatic carbocycles. The van der Waals surface area contributed by atoms with Gasteiger partial charge in [-0.2, -0.15) is 0 Å². The average Bonchev–Trinajstić information content (AvgIpc) is 3.21. The van der Waals surface area contributed by atoms with E-state index in [0.29, 0.717) is 0 Å². The molecule has 0 aromatic heterocycles. The van der Waals surface area contributed by atoms with Gasteiger partial charge in [0.05, 0.1) is 52.1 Å². The Morgan fingerprint density at radius 1 is 0.250 bits per heavy atom. The minimum Gasteiger partial charge on any atom is -0.548 e. The standard InChI is InChI=1S/3C15H12O4.H2O.2Yb/c3*16-13(17)15(14(18)19,11-7-3-1-4-8-11)12-9-5-2-6-10-12;;;/h3*1-10H,(H,16,17)(H,18,19);1H2;;/q;;;;2*+3/p-6. The second kappa shape index (κ2) is 24.4. The van der Waals surface area contributed by atoms with Crippen LogP contribution >= 0.6 is 0 Å². The van der Waals surface area contributed by atoms with Gasteiger partial charge < -0.3 is 64.9 Å². The number of carboxylic acid groups (broad SMARTS) is 6. The fourth-order valence-corrected chi connectivity index (χ4v) is 6.29. The first-order valence-electron chi connectivity index (χ1n) is 16.9. The minimum absolute atomic E-state index is 0. The van der Waals surface area contributed by atoms with Crippen LogP contribution in [0.1, 0.15) is 33.4 Å². The fourth-order valence-electron chi connectivity index (χ4n) is 6.29. The van der Waals surface area contributed by atoms with Gasteiger partial charge in [0.1, 0.15) is 0 Å². The third-order valence-corrected chi connectivity index (χ3v) is 9.08. The van der Waals surface area contributed by atoms with Crippen molar-refractivity contribution in [2.75, 3.05) is 0 Å². The summed E-state index contributed by atoms with van der Waals surface area (Å²) in [5.41, 5.74) is -6.32. The van der Waals surface area contributed by atoms with Crippen molar-refractivity contribution in [3.05, 3.63) is 215 Å². The van der Waals surface area contributed by atoms with Crippen LogP contribution in [0.5, 0.6) is 0 Å². The predicted octanol–water partition coefficient (Wildman–Crippen LogP) is -2.41. The van der Waals surface area contributed by atoms with Gasteiger partial charge >= 0.3 is 93.8 Å². The van der Waals surface area contributed by atoms with Gasteiger partial charge in [0.15, 0.2) is 0 Å². The van der Waals surface area contributed by atoms with Crippen LogP contribution in [-0.2, 0) is 45.0 Å². The zero-order chi connectivity index (χ0) is 41.6. The maximum atomic E-state index is 11.5. The molecule has 0 unspecified atom stereocenters. The van der Waals surface area contributed by atoms with E-state index < -0.39 is 52.1 Å². The summed E-state index contributed by atoms with van der Waals surface area (Å²) in [5, 5.41) is 69.2.